The van der Waals surface area contributed by atoms with Gasteiger partial charge in [-0.1, -0.05) is 13.8 Å². The second-order valence-corrected chi connectivity index (χ2v) is 3.37. The van der Waals surface area contributed by atoms with Crippen LogP contribution in [0, 0.1) is 0 Å². The van der Waals surface area contributed by atoms with Crippen molar-refractivity contribution in [1.29, 1.82) is 0 Å². The summed E-state index contributed by atoms with van der Waals surface area (Å²) in [4.78, 5) is 0. The predicted molar refractivity (Wildman–Crippen MR) is 54.6 cm³/mol. The molecule has 0 saturated carbocycles. The van der Waals surface area contributed by atoms with E-state index in [4.69, 9.17) is 0 Å². The Balaban J connectivity index is 2.53. The summed E-state index contributed by atoms with van der Waals surface area (Å²) in [6.45, 7) is 8.40. The summed E-state index contributed by atoms with van der Waals surface area (Å²) in [6.07, 6.45) is 5.19. The molecule has 1 rings (SSSR count). The van der Waals surface area contributed by atoms with E-state index in [0.29, 0.717) is 6.04 Å². The van der Waals surface area contributed by atoms with Crippen LogP contribution in [-0.4, -0.2) is 16.3 Å². The van der Waals surface area contributed by atoms with Crippen LogP contribution in [0.2, 0.25) is 0 Å². The van der Waals surface area contributed by atoms with Gasteiger partial charge in [0.05, 0.1) is 6.20 Å². The number of hydrogen-bond donors (Lipinski definition) is 1. The van der Waals surface area contributed by atoms with Crippen molar-refractivity contribution in [2.45, 2.75) is 39.8 Å². The molecule has 3 nitrogen and oxygen atoms in total. The van der Waals surface area contributed by atoms with Crippen LogP contribution >= 0.6 is 0 Å². The smallest absolute Gasteiger partial charge is 0.0534 e. The Hall–Kier alpha value is -0.830. The maximum absolute atomic E-state index is 4.32. The van der Waals surface area contributed by atoms with E-state index in [0.717, 1.165) is 19.5 Å². The van der Waals surface area contributed by atoms with E-state index >= 15 is 0 Å². The Morgan fingerprint density at radius 3 is 2.92 bits per heavy atom. The third-order valence-corrected chi connectivity index (χ3v) is 2.28. The van der Waals surface area contributed by atoms with Gasteiger partial charge < -0.3 is 5.32 Å². The lowest BCUT2D eigenvalue weighted by Gasteiger charge is -2.07. The van der Waals surface area contributed by atoms with Gasteiger partial charge in [0.2, 0.25) is 0 Å². The van der Waals surface area contributed by atoms with Gasteiger partial charge in [-0.25, -0.2) is 0 Å². The molecule has 0 saturated heterocycles. The van der Waals surface area contributed by atoms with Gasteiger partial charge >= 0.3 is 0 Å². The minimum Gasteiger partial charge on any atom is -0.313 e. The highest BCUT2D eigenvalue weighted by atomic mass is 15.3. The highest BCUT2D eigenvalue weighted by Crippen LogP contribution is 2.09. The van der Waals surface area contributed by atoms with Crippen LogP contribution in [0.4, 0.5) is 0 Å². The molecule has 1 N–H and O–H groups in total. The zero-order valence-electron chi connectivity index (χ0n) is 8.75. The molecule has 0 fully saturated rings. The summed E-state index contributed by atoms with van der Waals surface area (Å²) < 4.78 is 2.03. The minimum atomic E-state index is 0.510. The normalized spacial score (nSPS) is 13.2. The standard InChI is InChI=1S/C10H19N3/c1-4-9(3)13-8-10(7-12-13)6-11-5-2/h7-9,11H,4-6H2,1-3H3. The van der Waals surface area contributed by atoms with Crippen molar-refractivity contribution in [2.24, 2.45) is 0 Å². The zero-order chi connectivity index (χ0) is 9.68. The highest BCUT2D eigenvalue weighted by Gasteiger charge is 2.03. The molecule has 1 heterocycles. The Kier molecular flexibility index (Phi) is 3.96. The first-order valence-corrected chi connectivity index (χ1v) is 5.01. The van der Waals surface area contributed by atoms with E-state index < -0.39 is 0 Å². The number of nitrogens with zero attached hydrogens (tertiary/aromatic N) is 2. The van der Waals surface area contributed by atoms with Gasteiger partial charge in [-0.2, -0.15) is 5.10 Å². The van der Waals surface area contributed by atoms with Crippen LogP contribution in [0.15, 0.2) is 12.4 Å². The first-order valence-electron chi connectivity index (χ1n) is 5.01. The molecule has 0 aromatic carbocycles. The SMILES string of the molecule is CCNCc1cnn(C(C)CC)c1. The van der Waals surface area contributed by atoms with Crippen LogP contribution in [0.1, 0.15) is 38.8 Å². The maximum Gasteiger partial charge on any atom is 0.0534 e. The molecule has 1 aromatic heterocycles. The lowest BCUT2D eigenvalue weighted by molar-refractivity contribution is 0.477. The Morgan fingerprint density at radius 1 is 1.54 bits per heavy atom. The second kappa shape index (κ2) is 5.02. The molecule has 0 aliphatic rings. The molecule has 0 aliphatic heterocycles. The second-order valence-electron chi connectivity index (χ2n) is 3.37. The number of rotatable bonds is 5. The summed E-state index contributed by atoms with van der Waals surface area (Å²) in [5.74, 6) is 0. The van der Waals surface area contributed by atoms with E-state index in [2.05, 4.69) is 37.4 Å². The highest BCUT2D eigenvalue weighted by molar-refractivity contribution is 5.03. The molecule has 0 aliphatic carbocycles. The lowest BCUT2D eigenvalue weighted by Crippen LogP contribution is -2.11. The van der Waals surface area contributed by atoms with Gasteiger partial charge in [0.25, 0.3) is 0 Å². The summed E-state index contributed by atoms with van der Waals surface area (Å²) in [5, 5.41) is 7.60. The number of nitrogens with one attached hydrogen (secondary N) is 1. The van der Waals surface area contributed by atoms with Crippen LogP contribution in [0.25, 0.3) is 0 Å². The summed E-state index contributed by atoms with van der Waals surface area (Å²) in [7, 11) is 0. The van der Waals surface area contributed by atoms with Gasteiger partial charge in [-0.05, 0) is 19.9 Å². The molecule has 0 bridgehead atoms. The van der Waals surface area contributed by atoms with Gasteiger partial charge in [0.15, 0.2) is 0 Å². The van der Waals surface area contributed by atoms with Crippen molar-refractivity contribution in [3.63, 3.8) is 0 Å². The molecular formula is C10H19N3. The van der Waals surface area contributed by atoms with Crippen LogP contribution in [0.5, 0.6) is 0 Å². The van der Waals surface area contributed by atoms with E-state index in [1.165, 1.54) is 5.56 Å². The Morgan fingerprint density at radius 2 is 2.31 bits per heavy atom. The number of aromatic nitrogens is 2. The van der Waals surface area contributed by atoms with Crippen LogP contribution < -0.4 is 5.32 Å². The fourth-order valence-electron chi connectivity index (χ4n) is 1.17. The van der Waals surface area contributed by atoms with E-state index in [1.54, 1.807) is 0 Å². The third-order valence-electron chi connectivity index (χ3n) is 2.28. The summed E-state index contributed by atoms with van der Waals surface area (Å²) >= 11 is 0. The monoisotopic (exact) mass is 181 g/mol. The maximum atomic E-state index is 4.32. The molecular weight excluding hydrogens is 162 g/mol. The van der Waals surface area contributed by atoms with Crippen molar-refractivity contribution in [2.75, 3.05) is 6.54 Å². The quantitative estimate of drug-likeness (QED) is 0.752. The average Bonchev–Trinajstić information content (AvgIpc) is 2.62. The van der Waals surface area contributed by atoms with Crippen LogP contribution in [-0.2, 0) is 6.54 Å². The first kappa shape index (κ1) is 10.3. The van der Waals surface area contributed by atoms with Crippen LogP contribution in [0.3, 0.4) is 0 Å². The van der Waals surface area contributed by atoms with Gasteiger partial charge in [0.1, 0.15) is 0 Å². The van der Waals surface area contributed by atoms with E-state index in [-0.39, 0.29) is 0 Å². The topological polar surface area (TPSA) is 29.9 Å². The minimum absolute atomic E-state index is 0.510. The molecule has 1 unspecified atom stereocenters. The average molecular weight is 181 g/mol. The summed E-state index contributed by atoms with van der Waals surface area (Å²) in [5.41, 5.74) is 1.27. The third kappa shape index (κ3) is 2.84. The summed E-state index contributed by atoms with van der Waals surface area (Å²) in [6, 6.07) is 0.510. The Bertz CT molecular complexity index is 242. The fraction of sp³-hybridized carbons (Fsp3) is 0.700. The Labute approximate surface area is 80.1 Å². The van der Waals surface area contributed by atoms with Crippen molar-refractivity contribution in [3.05, 3.63) is 18.0 Å². The molecule has 0 amide bonds. The lowest BCUT2D eigenvalue weighted by atomic mass is 10.3. The molecule has 0 radical (unpaired) electrons. The first-order chi connectivity index (χ1) is 6.27. The van der Waals surface area contributed by atoms with Gasteiger partial charge in [-0.3, -0.25) is 4.68 Å². The van der Waals surface area contributed by atoms with Crippen molar-refractivity contribution < 1.29 is 0 Å². The molecule has 1 aromatic rings. The predicted octanol–water partition coefficient (Wildman–Crippen LogP) is 1.96. The fourth-order valence-corrected chi connectivity index (χ4v) is 1.17. The largest absolute Gasteiger partial charge is 0.313 e. The molecule has 74 valence electrons. The zero-order valence-corrected chi connectivity index (χ0v) is 8.75. The van der Waals surface area contributed by atoms with Gasteiger partial charge in [0, 0.05) is 24.3 Å². The molecule has 13 heavy (non-hydrogen) atoms. The van der Waals surface area contributed by atoms with Gasteiger partial charge in [-0.15, -0.1) is 0 Å². The van der Waals surface area contributed by atoms with Crippen molar-refractivity contribution in [1.82, 2.24) is 15.1 Å². The van der Waals surface area contributed by atoms with E-state index in [1.807, 2.05) is 10.9 Å². The van der Waals surface area contributed by atoms with E-state index in [9.17, 15) is 0 Å². The molecule has 1 atom stereocenters. The molecule has 0 spiro atoms. The van der Waals surface area contributed by atoms with Crippen molar-refractivity contribution >= 4 is 0 Å². The molecule has 3 heteroatoms. The number of hydrogen-bond acceptors (Lipinski definition) is 2. The van der Waals surface area contributed by atoms with Crippen molar-refractivity contribution in [3.8, 4) is 0 Å².